The van der Waals surface area contributed by atoms with Crippen LogP contribution >= 0.6 is 0 Å². The van der Waals surface area contributed by atoms with Crippen molar-refractivity contribution in [1.82, 2.24) is 19.7 Å². The maximum Gasteiger partial charge on any atom is 0.433 e. The highest BCUT2D eigenvalue weighted by atomic mass is 19.4. The number of amides is 1. The van der Waals surface area contributed by atoms with E-state index < -0.39 is 11.9 Å². The van der Waals surface area contributed by atoms with Gasteiger partial charge < -0.3 is 5.32 Å². The number of rotatable bonds is 7. The molecule has 33 heavy (non-hydrogen) atoms. The Labute approximate surface area is 188 Å². The molecular weight excluding hydrogens is 431 g/mol. The van der Waals surface area contributed by atoms with Gasteiger partial charge in [-0.25, -0.2) is 9.67 Å². The first kappa shape index (κ1) is 22.2. The molecule has 0 bridgehead atoms. The summed E-state index contributed by atoms with van der Waals surface area (Å²) in [5.41, 5.74) is 1.19. The van der Waals surface area contributed by atoms with Crippen molar-refractivity contribution in [1.29, 1.82) is 0 Å². The van der Waals surface area contributed by atoms with Gasteiger partial charge >= 0.3 is 6.18 Å². The summed E-state index contributed by atoms with van der Waals surface area (Å²) >= 11 is 0. The molecule has 0 aliphatic carbocycles. The molecule has 0 radical (unpaired) electrons. The first-order chi connectivity index (χ1) is 15.9. The van der Waals surface area contributed by atoms with Gasteiger partial charge in [0.25, 0.3) is 0 Å². The number of benzene rings is 1. The van der Waals surface area contributed by atoms with Crippen molar-refractivity contribution in [3.8, 4) is 17.1 Å². The van der Waals surface area contributed by atoms with Crippen molar-refractivity contribution in [2.75, 3.05) is 5.32 Å². The highest BCUT2D eigenvalue weighted by Crippen LogP contribution is 2.33. The predicted molar refractivity (Wildman–Crippen MR) is 118 cm³/mol. The minimum atomic E-state index is -4.62. The fourth-order valence-corrected chi connectivity index (χ4v) is 3.32. The average Bonchev–Trinajstić information content (AvgIpc) is 3.27. The van der Waals surface area contributed by atoms with Crippen molar-refractivity contribution >= 4 is 11.6 Å². The van der Waals surface area contributed by atoms with Crippen LogP contribution in [0.25, 0.3) is 17.1 Å². The van der Waals surface area contributed by atoms with Crippen molar-refractivity contribution in [3.63, 3.8) is 0 Å². The molecule has 0 aliphatic rings. The molecule has 0 aliphatic heterocycles. The molecule has 0 unspecified atom stereocenters. The Hall–Kier alpha value is -4.01. The molecule has 1 N–H and O–H groups in total. The molecule has 4 aromatic rings. The van der Waals surface area contributed by atoms with E-state index in [-0.39, 0.29) is 17.4 Å². The van der Waals surface area contributed by atoms with Gasteiger partial charge in [0.15, 0.2) is 11.5 Å². The highest BCUT2D eigenvalue weighted by Gasteiger charge is 2.36. The molecule has 6 nitrogen and oxygen atoms in total. The Morgan fingerprint density at radius 1 is 1.00 bits per heavy atom. The van der Waals surface area contributed by atoms with Crippen molar-refractivity contribution in [2.24, 2.45) is 0 Å². The summed E-state index contributed by atoms with van der Waals surface area (Å²) in [4.78, 5) is 20.2. The lowest BCUT2D eigenvalue weighted by Gasteiger charge is -2.10. The highest BCUT2D eigenvalue weighted by molar-refractivity contribution is 5.90. The number of nitrogens with one attached hydrogen (secondary N) is 1. The van der Waals surface area contributed by atoms with Crippen molar-refractivity contribution < 1.29 is 18.0 Å². The maximum absolute atomic E-state index is 13.6. The van der Waals surface area contributed by atoms with Crippen molar-refractivity contribution in [2.45, 2.75) is 25.4 Å². The van der Waals surface area contributed by atoms with Crippen LogP contribution in [-0.4, -0.2) is 25.7 Å². The van der Waals surface area contributed by atoms with Crippen LogP contribution in [0.5, 0.6) is 0 Å². The van der Waals surface area contributed by atoms with Crippen LogP contribution in [0.15, 0.2) is 79.3 Å². The first-order valence-electron chi connectivity index (χ1n) is 10.3. The zero-order valence-electron chi connectivity index (χ0n) is 17.5. The van der Waals surface area contributed by atoms with Gasteiger partial charge in [0.1, 0.15) is 0 Å². The number of alkyl halides is 3. The zero-order chi connectivity index (χ0) is 23.3. The molecular formula is C24H20F3N5O. The van der Waals surface area contributed by atoms with Crippen LogP contribution in [0.2, 0.25) is 0 Å². The molecule has 0 saturated carbocycles. The van der Waals surface area contributed by atoms with Gasteiger partial charge in [-0.2, -0.15) is 18.3 Å². The number of hydrogen-bond acceptors (Lipinski definition) is 4. The second-order valence-corrected chi connectivity index (χ2v) is 7.36. The molecule has 9 heteroatoms. The summed E-state index contributed by atoms with van der Waals surface area (Å²) in [5.74, 6) is -0.200. The summed E-state index contributed by atoms with van der Waals surface area (Å²) < 4.78 is 41.5. The average molecular weight is 451 g/mol. The smallest absolute Gasteiger partial charge is 0.325 e. The quantitative estimate of drug-likeness (QED) is 0.413. The second-order valence-electron chi connectivity index (χ2n) is 7.36. The van der Waals surface area contributed by atoms with Crippen molar-refractivity contribution in [3.05, 3.63) is 90.5 Å². The molecule has 3 heterocycles. The molecule has 0 fully saturated rings. The number of anilines is 1. The fraction of sp³-hybridized carbons (Fsp3) is 0.167. The maximum atomic E-state index is 13.6. The molecule has 168 valence electrons. The number of aromatic nitrogens is 4. The Bertz CT molecular complexity index is 1210. The molecule has 4 rings (SSSR count). The Morgan fingerprint density at radius 2 is 1.82 bits per heavy atom. The largest absolute Gasteiger partial charge is 0.433 e. The van der Waals surface area contributed by atoms with Gasteiger partial charge in [0, 0.05) is 24.4 Å². The summed E-state index contributed by atoms with van der Waals surface area (Å²) in [6.45, 7) is 0. The van der Waals surface area contributed by atoms with Crippen LogP contribution < -0.4 is 5.32 Å². The summed E-state index contributed by atoms with van der Waals surface area (Å²) in [5, 5.41) is 6.81. The van der Waals surface area contributed by atoms with Gasteiger partial charge in [-0.3, -0.25) is 9.78 Å². The summed E-state index contributed by atoms with van der Waals surface area (Å²) in [7, 11) is 0. The number of carbonyl (C=O) groups is 1. The number of nitrogens with zero attached hydrogens (tertiary/aromatic N) is 4. The second kappa shape index (κ2) is 9.64. The number of carbonyl (C=O) groups excluding carboxylic acids is 1. The topological polar surface area (TPSA) is 72.7 Å². The molecule has 0 saturated heterocycles. The molecule has 0 spiro atoms. The molecule has 0 atom stereocenters. The standard InChI is InChI=1S/C24H20F3N5O/c25-24(26,27)21-14-20(18-9-5-13-28-15-18)31-32(21)22-12-11-19(16-29-22)30-23(33)10-4-8-17-6-2-1-3-7-17/h1-3,5-7,9,11-16H,4,8,10H2,(H,30,33). The lowest BCUT2D eigenvalue weighted by molar-refractivity contribution is -0.142. The number of hydrogen-bond donors (Lipinski definition) is 1. The van der Waals surface area contributed by atoms with E-state index in [2.05, 4.69) is 20.4 Å². The molecule has 1 amide bonds. The van der Waals surface area contributed by atoms with E-state index in [4.69, 9.17) is 0 Å². The fourth-order valence-electron chi connectivity index (χ4n) is 3.32. The van der Waals surface area contributed by atoms with E-state index in [0.29, 0.717) is 24.1 Å². The Kier molecular flexibility index (Phi) is 6.48. The minimum Gasteiger partial charge on any atom is -0.325 e. The van der Waals surface area contributed by atoms with Crippen LogP contribution in [-0.2, 0) is 17.4 Å². The van der Waals surface area contributed by atoms with Crippen LogP contribution in [0.3, 0.4) is 0 Å². The van der Waals surface area contributed by atoms with E-state index in [9.17, 15) is 18.0 Å². The van der Waals surface area contributed by atoms with E-state index in [0.717, 1.165) is 22.7 Å². The van der Waals surface area contributed by atoms with E-state index in [1.807, 2.05) is 30.3 Å². The Morgan fingerprint density at radius 3 is 2.48 bits per heavy atom. The van der Waals surface area contributed by atoms with Gasteiger partial charge in [0.05, 0.1) is 17.6 Å². The summed E-state index contributed by atoms with van der Waals surface area (Å²) in [6.07, 6.45) is 1.45. The SMILES string of the molecule is O=C(CCCc1ccccc1)Nc1ccc(-n2nc(-c3cccnc3)cc2C(F)(F)F)nc1. The van der Waals surface area contributed by atoms with Gasteiger partial charge in [-0.15, -0.1) is 0 Å². The van der Waals surface area contributed by atoms with Crippen LogP contribution in [0.4, 0.5) is 18.9 Å². The predicted octanol–water partition coefficient (Wildman–Crippen LogP) is 5.31. The van der Waals surface area contributed by atoms with Crippen LogP contribution in [0.1, 0.15) is 24.1 Å². The number of aryl methyl sites for hydroxylation is 1. The van der Waals surface area contributed by atoms with Gasteiger partial charge in [-0.1, -0.05) is 30.3 Å². The first-order valence-corrected chi connectivity index (χ1v) is 10.3. The van der Waals surface area contributed by atoms with Crippen LogP contribution in [0, 0.1) is 0 Å². The zero-order valence-corrected chi connectivity index (χ0v) is 17.5. The van der Waals surface area contributed by atoms with E-state index >= 15 is 0 Å². The lowest BCUT2D eigenvalue weighted by Crippen LogP contribution is -2.15. The number of halogens is 3. The van der Waals surface area contributed by atoms with E-state index in [1.165, 1.54) is 30.7 Å². The third kappa shape index (κ3) is 5.62. The summed E-state index contributed by atoms with van der Waals surface area (Å²) in [6, 6.07) is 16.9. The Balaban J connectivity index is 1.45. The normalized spacial score (nSPS) is 11.4. The third-order valence-corrected chi connectivity index (χ3v) is 4.92. The lowest BCUT2D eigenvalue weighted by atomic mass is 10.1. The molecule has 1 aromatic carbocycles. The van der Waals surface area contributed by atoms with Gasteiger partial charge in [0.2, 0.25) is 5.91 Å². The minimum absolute atomic E-state index is 0.0143. The van der Waals surface area contributed by atoms with Gasteiger partial charge in [-0.05, 0) is 48.7 Å². The molecule has 3 aromatic heterocycles. The van der Waals surface area contributed by atoms with E-state index in [1.54, 1.807) is 12.1 Å². The third-order valence-electron chi connectivity index (χ3n) is 4.92. The number of pyridine rings is 2. The monoisotopic (exact) mass is 451 g/mol.